The van der Waals surface area contributed by atoms with Crippen molar-refractivity contribution in [2.75, 3.05) is 16.3 Å². The van der Waals surface area contributed by atoms with Crippen LogP contribution >= 0.6 is 0 Å². The molecule has 0 saturated heterocycles. The van der Waals surface area contributed by atoms with Crippen LogP contribution in [0.3, 0.4) is 0 Å². The topological polar surface area (TPSA) is 57.2 Å². The summed E-state index contributed by atoms with van der Waals surface area (Å²) in [6, 6.07) is 29.4. The number of pyridine rings is 3. The second-order valence-corrected chi connectivity index (χ2v) is 17.7. The summed E-state index contributed by atoms with van der Waals surface area (Å²) < 4.78 is 0. The number of nitrogens with one attached hydrogen (secondary N) is 1. The van der Waals surface area contributed by atoms with Gasteiger partial charge in [-0.25, -0.2) is 9.97 Å². The molecule has 7 aliphatic rings. The van der Waals surface area contributed by atoms with Crippen molar-refractivity contribution in [2.24, 2.45) is 11.8 Å². The normalized spacial score (nSPS) is 23.3. The Morgan fingerprint density at radius 2 is 1.18 bits per heavy atom. The highest BCUT2D eigenvalue weighted by atomic mass is 15.2. The molecule has 0 amide bonds. The van der Waals surface area contributed by atoms with Crippen LogP contribution in [0.5, 0.6) is 0 Å². The van der Waals surface area contributed by atoms with E-state index in [1.807, 2.05) is 18.6 Å². The van der Waals surface area contributed by atoms with E-state index < -0.39 is 0 Å². The number of hydrogen-bond acceptors (Lipinski definition) is 6. The van der Waals surface area contributed by atoms with Crippen LogP contribution in [0.15, 0.2) is 174 Å². The quantitative estimate of drug-likeness (QED) is 0.195. The number of fused-ring (bicyclic) bond motifs is 14. The van der Waals surface area contributed by atoms with E-state index in [0.29, 0.717) is 0 Å². The van der Waals surface area contributed by atoms with Gasteiger partial charge in [0.15, 0.2) is 0 Å². The molecule has 1 saturated carbocycles. The summed E-state index contributed by atoms with van der Waals surface area (Å²) in [4.78, 5) is 19.8. The molecule has 12 rings (SSSR count). The van der Waals surface area contributed by atoms with Gasteiger partial charge in [0, 0.05) is 99.3 Å². The monoisotopic (exact) mass is 740 g/mol. The molecule has 0 bridgehead atoms. The largest absolute Gasteiger partial charge is 0.387 e. The van der Waals surface area contributed by atoms with Gasteiger partial charge in [-0.1, -0.05) is 101 Å². The third kappa shape index (κ3) is 4.12. The molecule has 6 heterocycles. The van der Waals surface area contributed by atoms with E-state index in [0.717, 1.165) is 31.0 Å². The number of benzene rings is 2. The Kier molecular flexibility index (Phi) is 6.59. The smallest absolute Gasteiger partial charge is 0.141 e. The molecule has 6 heteroatoms. The number of allylic oxidation sites excluding steroid dienone is 9. The van der Waals surface area contributed by atoms with Gasteiger partial charge < -0.3 is 5.32 Å². The lowest BCUT2D eigenvalue weighted by Crippen LogP contribution is -2.43. The Hall–Kier alpha value is -6.27. The van der Waals surface area contributed by atoms with Crippen molar-refractivity contribution >= 4 is 17.3 Å². The highest BCUT2D eigenvalue weighted by Crippen LogP contribution is 2.69. The molecular formula is C51H44N6. The average Bonchev–Trinajstić information content (AvgIpc) is 3.71. The van der Waals surface area contributed by atoms with Crippen LogP contribution in [0.2, 0.25) is 0 Å². The van der Waals surface area contributed by atoms with E-state index in [4.69, 9.17) is 9.97 Å². The molecule has 0 radical (unpaired) electrons. The van der Waals surface area contributed by atoms with Crippen LogP contribution < -0.4 is 15.1 Å². The van der Waals surface area contributed by atoms with Crippen LogP contribution in [-0.4, -0.2) is 21.5 Å². The second kappa shape index (κ2) is 11.4. The first kappa shape index (κ1) is 32.9. The summed E-state index contributed by atoms with van der Waals surface area (Å²) in [7, 11) is 0. The zero-order chi connectivity index (χ0) is 38.3. The number of anilines is 3. The SMILES string of the molecule is CC1(C)C2=CNCC=C2N(C2=CC=C3C4=CC=C(N5c6ccncc6C(C)(C)c6cccnc65)CC4C4(c5ccccc5-c5ccccc54)C3C2)c2ncccc21. The summed E-state index contributed by atoms with van der Waals surface area (Å²) in [6.07, 6.45) is 24.0. The van der Waals surface area contributed by atoms with E-state index in [1.165, 1.54) is 78.4 Å². The third-order valence-electron chi connectivity index (χ3n) is 14.4. The Balaban J connectivity index is 1.07. The molecule has 3 aromatic heterocycles. The zero-order valence-corrected chi connectivity index (χ0v) is 32.8. The number of aromatic nitrogens is 3. The molecule has 2 unspecified atom stereocenters. The van der Waals surface area contributed by atoms with E-state index in [-0.39, 0.29) is 28.1 Å². The maximum Gasteiger partial charge on any atom is 0.141 e. The van der Waals surface area contributed by atoms with Crippen LogP contribution in [0.4, 0.5) is 17.3 Å². The van der Waals surface area contributed by atoms with Gasteiger partial charge in [0.2, 0.25) is 0 Å². The summed E-state index contributed by atoms with van der Waals surface area (Å²) in [5, 5.41) is 3.53. The fraction of sp³-hybridized carbons (Fsp3) is 0.235. The molecule has 2 aromatic carbocycles. The van der Waals surface area contributed by atoms with Gasteiger partial charge in [0.1, 0.15) is 11.6 Å². The molecule has 3 aliphatic heterocycles. The number of hydrogen-bond donors (Lipinski definition) is 1. The molecule has 5 aromatic rings. The second-order valence-electron chi connectivity index (χ2n) is 17.7. The van der Waals surface area contributed by atoms with Crippen LogP contribution in [0.25, 0.3) is 11.1 Å². The van der Waals surface area contributed by atoms with Gasteiger partial charge in [0.25, 0.3) is 0 Å². The molecule has 1 fully saturated rings. The van der Waals surface area contributed by atoms with Gasteiger partial charge in [-0.3, -0.25) is 14.8 Å². The molecule has 6 nitrogen and oxygen atoms in total. The van der Waals surface area contributed by atoms with Gasteiger partial charge in [-0.05, 0) is 82.7 Å². The zero-order valence-electron chi connectivity index (χ0n) is 32.8. The minimum atomic E-state index is -0.282. The molecule has 4 aliphatic carbocycles. The lowest BCUT2D eigenvalue weighted by Gasteiger charge is -2.47. The lowest BCUT2D eigenvalue weighted by atomic mass is 9.61. The van der Waals surface area contributed by atoms with Gasteiger partial charge in [0.05, 0.1) is 11.4 Å². The summed E-state index contributed by atoms with van der Waals surface area (Å²) >= 11 is 0. The molecule has 57 heavy (non-hydrogen) atoms. The van der Waals surface area contributed by atoms with Crippen LogP contribution in [-0.2, 0) is 16.2 Å². The van der Waals surface area contributed by atoms with E-state index in [1.54, 1.807) is 0 Å². The first-order valence-corrected chi connectivity index (χ1v) is 20.4. The standard InChI is InChI=1S/C51H44N6/c1-49(2)39-15-9-23-54-47(39)56(45-21-25-52-29-43(45)49)31-17-19-35-36-20-18-32(57-46-22-26-53-30-44(46)50(3,4)40-16-10-24-55-48(40)57)28-42(36)51(41(35)27-31)37-13-7-5-11-33(37)34-12-6-8-14-38(34)51/h5-25,29-30,41-42,53H,26-28H2,1-4H3. The van der Waals surface area contributed by atoms with Crippen molar-refractivity contribution in [2.45, 2.75) is 56.8 Å². The fourth-order valence-corrected chi connectivity index (χ4v) is 11.9. The molecule has 278 valence electrons. The van der Waals surface area contributed by atoms with Gasteiger partial charge in [-0.15, -0.1) is 0 Å². The average molecular weight is 741 g/mol. The highest BCUT2D eigenvalue weighted by Gasteiger charge is 2.62. The molecule has 1 spiro atoms. The molecule has 1 N–H and O–H groups in total. The number of dihydropyridines is 1. The van der Waals surface area contributed by atoms with E-state index in [2.05, 4.69) is 169 Å². The first-order chi connectivity index (χ1) is 27.8. The van der Waals surface area contributed by atoms with Crippen LogP contribution in [0.1, 0.15) is 68.4 Å². The Morgan fingerprint density at radius 3 is 1.84 bits per heavy atom. The third-order valence-corrected chi connectivity index (χ3v) is 14.4. The summed E-state index contributed by atoms with van der Waals surface area (Å²) in [5.74, 6) is 2.48. The van der Waals surface area contributed by atoms with Crippen molar-refractivity contribution in [3.63, 3.8) is 0 Å². The van der Waals surface area contributed by atoms with Crippen LogP contribution in [0, 0.1) is 11.8 Å². The van der Waals surface area contributed by atoms with E-state index >= 15 is 0 Å². The fourth-order valence-electron chi connectivity index (χ4n) is 11.9. The van der Waals surface area contributed by atoms with Crippen molar-refractivity contribution in [1.82, 2.24) is 20.3 Å². The Bertz CT molecular complexity index is 2700. The van der Waals surface area contributed by atoms with Crippen molar-refractivity contribution in [3.8, 4) is 11.1 Å². The van der Waals surface area contributed by atoms with Crippen molar-refractivity contribution in [1.29, 1.82) is 0 Å². The minimum Gasteiger partial charge on any atom is -0.387 e. The Morgan fingerprint density at radius 1 is 0.596 bits per heavy atom. The van der Waals surface area contributed by atoms with Crippen molar-refractivity contribution in [3.05, 3.63) is 202 Å². The summed E-state index contributed by atoms with van der Waals surface area (Å²) in [5.41, 5.74) is 17.8. The Labute approximate surface area is 334 Å². The number of rotatable bonds is 2. The van der Waals surface area contributed by atoms with E-state index in [9.17, 15) is 0 Å². The molecule has 2 atom stereocenters. The highest BCUT2D eigenvalue weighted by molar-refractivity contribution is 5.85. The minimum absolute atomic E-state index is 0.179. The maximum atomic E-state index is 5.13. The van der Waals surface area contributed by atoms with Gasteiger partial charge >= 0.3 is 0 Å². The predicted octanol–water partition coefficient (Wildman–Crippen LogP) is 10.5. The first-order valence-electron chi connectivity index (χ1n) is 20.4. The maximum absolute atomic E-state index is 5.13. The molecular weight excluding hydrogens is 697 g/mol. The number of nitrogens with zero attached hydrogens (tertiary/aromatic N) is 5. The van der Waals surface area contributed by atoms with Gasteiger partial charge in [-0.2, -0.15) is 0 Å². The predicted molar refractivity (Wildman–Crippen MR) is 228 cm³/mol. The summed E-state index contributed by atoms with van der Waals surface area (Å²) in [6.45, 7) is 10.1. The lowest BCUT2D eigenvalue weighted by molar-refractivity contribution is 0.320. The van der Waals surface area contributed by atoms with Crippen molar-refractivity contribution < 1.29 is 0 Å².